The van der Waals surface area contributed by atoms with E-state index in [1.165, 1.54) is 7.11 Å². The molecule has 0 radical (unpaired) electrons. The van der Waals surface area contributed by atoms with Gasteiger partial charge in [0.2, 0.25) is 0 Å². The Morgan fingerprint density at radius 1 is 1.64 bits per heavy atom. The third-order valence-corrected chi connectivity index (χ3v) is 3.17. The molecule has 1 rings (SSSR count). The zero-order valence-electron chi connectivity index (χ0n) is 6.28. The van der Waals surface area contributed by atoms with Gasteiger partial charge in [0, 0.05) is 0 Å². The van der Waals surface area contributed by atoms with E-state index in [4.69, 9.17) is 5.14 Å². The van der Waals surface area contributed by atoms with Crippen LogP contribution in [0.2, 0.25) is 0 Å². The first kappa shape index (κ1) is 8.67. The summed E-state index contributed by atoms with van der Waals surface area (Å²) < 4.78 is 15.2. The normalized spacial score (nSPS) is 32.2. The summed E-state index contributed by atoms with van der Waals surface area (Å²) in [4.78, 5) is 10.9. The van der Waals surface area contributed by atoms with Crippen LogP contribution in [0.4, 0.5) is 0 Å². The molecule has 1 unspecified atom stereocenters. The molecule has 0 aromatic heterocycles. The molecule has 4 nitrogen and oxygen atoms in total. The molecule has 0 aromatic carbocycles. The molecule has 0 aliphatic heterocycles. The Kier molecular flexibility index (Phi) is 2.62. The van der Waals surface area contributed by atoms with E-state index in [1.807, 2.05) is 0 Å². The van der Waals surface area contributed by atoms with Crippen LogP contribution in [0.5, 0.6) is 0 Å². The van der Waals surface area contributed by atoms with E-state index >= 15 is 0 Å². The highest BCUT2D eigenvalue weighted by Crippen LogP contribution is 2.31. The van der Waals surface area contributed by atoms with E-state index in [0.717, 1.165) is 12.8 Å². The van der Waals surface area contributed by atoms with Crippen LogP contribution >= 0.6 is 0 Å². The fourth-order valence-electron chi connectivity index (χ4n) is 1.17. The third-order valence-electron chi connectivity index (χ3n) is 2.01. The molecule has 64 valence electrons. The Hall–Kier alpha value is -0.420. The van der Waals surface area contributed by atoms with Crippen LogP contribution in [0.1, 0.15) is 12.8 Å². The monoisotopic (exact) mass is 177 g/mol. The highest BCUT2D eigenvalue weighted by molar-refractivity contribution is 7.83. The molecule has 1 aliphatic carbocycles. The summed E-state index contributed by atoms with van der Waals surface area (Å²) in [5, 5.41) is 4.97. The summed E-state index contributed by atoms with van der Waals surface area (Å²) in [6.45, 7) is 0. The number of carbonyl (C=O) groups excluding carboxylic acids is 1. The highest BCUT2D eigenvalue weighted by atomic mass is 32.2. The van der Waals surface area contributed by atoms with E-state index in [2.05, 4.69) is 4.74 Å². The third kappa shape index (κ3) is 1.59. The first-order valence-electron chi connectivity index (χ1n) is 3.39. The van der Waals surface area contributed by atoms with Crippen LogP contribution in [0.3, 0.4) is 0 Å². The topological polar surface area (TPSA) is 69.4 Å². The minimum absolute atomic E-state index is 0.178. The summed E-state index contributed by atoms with van der Waals surface area (Å²) in [5.41, 5.74) is 0. The van der Waals surface area contributed by atoms with E-state index in [1.54, 1.807) is 0 Å². The van der Waals surface area contributed by atoms with Crippen LogP contribution in [0, 0.1) is 5.92 Å². The Labute approximate surface area is 67.7 Å². The molecule has 1 fully saturated rings. The van der Waals surface area contributed by atoms with Crippen molar-refractivity contribution in [3.05, 3.63) is 0 Å². The van der Waals surface area contributed by atoms with Gasteiger partial charge in [0.25, 0.3) is 0 Å². The van der Waals surface area contributed by atoms with Crippen molar-refractivity contribution in [2.24, 2.45) is 11.1 Å². The van der Waals surface area contributed by atoms with Gasteiger partial charge in [0.05, 0.1) is 29.3 Å². The molecule has 5 heteroatoms. The number of rotatable bonds is 2. The Balaban J connectivity index is 2.49. The number of esters is 1. The van der Waals surface area contributed by atoms with Crippen LogP contribution in [0.15, 0.2) is 0 Å². The van der Waals surface area contributed by atoms with Gasteiger partial charge in [-0.25, -0.2) is 4.21 Å². The average molecular weight is 177 g/mol. The highest BCUT2D eigenvalue weighted by Gasteiger charge is 2.40. The van der Waals surface area contributed by atoms with Crippen molar-refractivity contribution in [3.63, 3.8) is 0 Å². The smallest absolute Gasteiger partial charge is 0.309 e. The quantitative estimate of drug-likeness (QED) is 0.581. The second kappa shape index (κ2) is 3.32. The van der Waals surface area contributed by atoms with Gasteiger partial charge in [-0.3, -0.25) is 9.93 Å². The number of nitrogens with two attached hydrogens (primary N) is 1. The fraction of sp³-hybridized carbons (Fsp3) is 0.833. The fourth-order valence-corrected chi connectivity index (χ4v) is 2.11. The van der Waals surface area contributed by atoms with Gasteiger partial charge in [-0.1, -0.05) is 0 Å². The van der Waals surface area contributed by atoms with Gasteiger partial charge in [-0.2, -0.15) is 0 Å². The lowest BCUT2D eigenvalue weighted by Gasteiger charge is -2.31. The zero-order valence-corrected chi connectivity index (χ0v) is 7.10. The first-order chi connectivity index (χ1) is 5.16. The lowest BCUT2D eigenvalue weighted by molar-refractivity contribution is -0.147. The molecule has 11 heavy (non-hydrogen) atoms. The maximum atomic E-state index is 10.9. The standard InChI is InChI=1S/C6H11NO3S/c1-10-6(8)4-2-3-5(4)11(7)9/h4-5H,2-3,7H2,1H3/t4-,5+,11?/m1/s1. The van der Waals surface area contributed by atoms with Crippen molar-refractivity contribution >= 4 is 17.0 Å². The molecule has 2 N–H and O–H groups in total. The SMILES string of the molecule is COC(=O)[C@@H]1CC[C@@H]1S(N)=O. The molecule has 0 aromatic rings. The van der Waals surface area contributed by atoms with Crippen LogP contribution in [-0.4, -0.2) is 22.5 Å². The number of methoxy groups -OCH3 is 1. The number of hydrogen-bond donors (Lipinski definition) is 1. The molecule has 1 saturated carbocycles. The zero-order chi connectivity index (χ0) is 8.43. The van der Waals surface area contributed by atoms with Crippen LogP contribution in [-0.2, 0) is 20.5 Å². The average Bonchev–Trinajstić information content (AvgIpc) is 1.83. The van der Waals surface area contributed by atoms with Crippen molar-refractivity contribution in [2.45, 2.75) is 18.1 Å². The molecule has 0 bridgehead atoms. The van der Waals surface area contributed by atoms with E-state index in [0.29, 0.717) is 0 Å². The summed E-state index contributed by atoms with van der Waals surface area (Å²) >= 11 is 0. The molecule has 0 amide bonds. The summed E-state index contributed by atoms with van der Waals surface area (Å²) in [5.74, 6) is -0.522. The predicted octanol–water partition coefficient (Wildman–Crippen LogP) is -0.440. The Bertz CT molecular complexity index is 194. The minimum Gasteiger partial charge on any atom is -0.469 e. The van der Waals surface area contributed by atoms with Crippen LogP contribution in [0.25, 0.3) is 0 Å². The predicted molar refractivity (Wildman–Crippen MR) is 40.9 cm³/mol. The molecular formula is C6H11NO3S. The lowest BCUT2D eigenvalue weighted by atomic mass is 9.85. The summed E-state index contributed by atoms with van der Waals surface area (Å²) in [6, 6.07) is 0. The maximum absolute atomic E-state index is 10.9. The second-order valence-corrected chi connectivity index (χ2v) is 3.84. The number of ether oxygens (including phenoxy) is 1. The van der Waals surface area contributed by atoms with Gasteiger partial charge < -0.3 is 4.74 Å². The van der Waals surface area contributed by atoms with Crippen molar-refractivity contribution < 1.29 is 13.7 Å². The van der Waals surface area contributed by atoms with Gasteiger partial charge in [-0.05, 0) is 12.8 Å². The van der Waals surface area contributed by atoms with Crippen molar-refractivity contribution in [1.82, 2.24) is 0 Å². The first-order valence-corrected chi connectivity index (χ1v) is 4.67. The van der Waals surface area contributed by atoms with Gasteiger partial charge in [-0.15, -0.1) is 0 Å². The van der Waals surface area contributed by atoms with Gasteiger partial charge >= 0.3 is 5.97 Å². The number of carbonyl (C=O) groups is 1. The second-order valence-electron chi connectivity index (χ2n) is 2.57. The Morgan fingerprint density at radius 3 is 2.55 bits per heavy atom. The molecule has 3 atom stereocenters. The Morgan fingerprint density at radius 2 is 2.27 bits per heavy atom. The van der Waals surface area contributed by atoms with E-state index in [-0.39, 0.29) is 17.1 Å². The maximum Gasteiger partial charge on any atom is 0.309 e. The molecule has 0 saturated heterocycles. The molecule has 0 spiro atoms. The van der Waals surface area contributed by atoms with E-state index in [9.17, 15) is 9.00 Å². The summed E-state index contributed by atoms with van der Waals surface area (Å²) in [7, 11) is -0.0461. The lowest BCUT2D eigenvalue weighted by Crippen LogP contribution is -2.43. The van der Waals surface area contributed by atoms with Gasteiger partial charge in [0.15, 0.2) is 0 Å². The van der Waals surface area contributed by atoms with Crippen LogP contribution < -0.4 is 5.14 Å². The van der Waals surface area contributed by atoms with Crippen molar-refractivity contribution in [2.75, 3.05) is 7.11 Å². The largest absolute Gasteiger partial charge is 0.469 e. The van der Waals surface area contributed by atoms with Crippen molar-refractivity contribution in [1.29, 1.82) is 0 Å². The van der Waals surface area contributed by atoms with Gasteiger partial charge in [0.1, 0.15) is 0 Å². The summed E-state index contributed by atoms with van der Waals surface area (Å²) in [6.07, 6.45) is 1.52. The number of hydrogen-bond acceptors (Lipinski definition) is 3. The van der Waals surface area contributed by atoms with E-state index < -0.39 is 11.0 Å². The molecule has 1 aliphatic rings. The van der Waals surface area contributed by atoms with Crippen molar-refractivity contribution in [3.8, 4) is 0 Å². The molecule has 0 heterocycles. The molecular weight excluding hydrogens is 166 g/mol. The minimum atomic E-state index is -1.38.